The van der Waals surface area contributed by atoms with E-state index in [2.05, 4.69) is 27.4 Å². The minimum absolute atomic E-state index is 0.0590. The van der Waals surface area contributed by atoms with Crippen LogP contribution in [0.15, 0.2) is 36.4 Å². The fourth-order valence-electron chi connectivity index (χ4n) is 5.15. The number of aromatic nitrogens is 2. The van der Waals surface area contributed by atoms with E-state index in [4.69, 9.17) is 5.73 Å². The topological polar surface area (TPSA) is 84.1 Å². The second-order valence-electron chi connectivity index (χ2n) is 10.0. The first-order chi connectivity index (χ1) is 17.5. The molecule has 0 spiro atoms. The Morgan fingerprint density at radius 3 is 2.49 bits per heavy atom. The predicted octanol–water partition coefficient (Wildman–Crippen LogP) is 6.46. The summed E-state index contributed by atoms with van der Waals surface area (Å²) in [6, 6.07) is 9.27. The first-order valence-corrected chi connectivity index (χ1v) is 12.7. The third-order valence-electron chi connectivity index (χ3n) is 7.39. The highest BCUT2D eigenvalue weighted by atomic mass is 19.4. The molecule has 37 heavy (non-hydrogen) atoms. The molecule has 1 aromatic heterocycles. The summed E-state index contributed by atoms with van der Waals surface area (Å²) >= 11 is 0. The van der Waals surface area contributed by atoms with Gasteiger partial charge in [-0.05, 0) is 93.8 Å². The zero-order valence-corrected chi connectivity index (χ0v) is 21.7. The molecular weight excluding hydrogens is 479 g/mol. The van der Waals surface area contributed by atoms with Crippen LogP contribution in [0.4, 0.5) is 24.7 Å². The molecule has 1 aliphatic rings. The third-order valence-corrected chi connectivity index (χ3v) is 7.39. The van der Waals surface area contributed by atoms with Crippen LogP contribution >= 0.6 is 0 Å². The van der Waals surface area contributed by atoms with Crippen LogP contribution in [-0.2, 0) is 11.0 Å². The van der Waals surface area contributed by atoms with Crippen molar-refractivity contribution >= 4 is 28.3 Å². The third kappa shape index (κ3) is 5.97. The van der Waals surface area contributed by atoms with Crippen molar-refractivity contribution in [3.8, 4) is 0 Å². The van der Waals surface area contributed by atoms with E-state index in [0.29, 0.717) is 29.7 Å². The summed E-state index contributed by atoms with van der Waals surface area (Å²) < 4.78 is 40.0. The van der Waals surface area contributed by atoms with Gasteiger partial charge in [-0.25, -0.2) is 9.97 Å². The standard InChI is InChI=1S/C28H34F3N5O/c1-5-36(4)27(37)19-8-6-18(7-9-19)20-10-11-25-24(14-20)26(35-17(3)34-25)33-16(2)21-12-22(28(29,30)31)15-23(32)13-21/h10-16,18-19H,5-9,32H2,1-4H3,(H,33,34,35)/t16-,18?,19?/m0/s1. The summed E-state index contributed by atoms with van der Waals surface area (Å²) in [6.07, 6.45) is -0.916. The molecule has 0 aliphatic heterocycles. The number of fused-ring (bicyclic) bond motifs is 1. The zero-order chi connectivity index (χ0) is 26.9. The van der Waals surface area contributed by atoms with E-state index in [-0.39, 0.29) is 17.5 Å². The number of aryl methyl sites for hydroxylation is 1. The lowest BCUT2D eigenvalue weighted by Gasteiger charge is -2.30. The summed E-state index contributed by atoms with van der Waals surface area (Å²) in [5, 5.41) is 4.11. The number of alkyl halides is 3. The van der Waals surface area contributed by atoms with E-state index in [1.165, 1.54) is 0 Å². The van der Waals surface area contributed by atoms with Crippen LogP contribution in [0.3, 0.4) is 0 Å². The highest BCUT2D eigenvalue weighted by Crippen LogP contribution is 2.38. The lowest BCUT2D eigenvalue weighted by molar-refractivity contribution is -0.137. The van der Waals surface area contributed by atoms with E-state index < -0.39 is 17.8 Å². The Labute approximate surface area is 215 Å². The number of nitrogens with one attached hydrogen (secondary N) is 1. The molecule has 1 atom stereocenters. The van der Waals surface area contributed by atoms with Crippen molar-refractivity contribution in [3.63, 3.8) is 0 Å². The molecule has 1 saturated carbocycles. The van der Waals surface area contributed by atoms with Gasteiger partial charge in [-0.15, -0.1) is 0 Å². The molecule has 3 N–H and O–H groups in total. The first-order valence-electron chi connectivity index (χ1n) is 12.7. The van der Waals surface area contributed by atoms with Gasteiger partial charge in [-0.1, -0.05) is 6.07 Å². The minimum atomic E-state index is -4.48. The molecule has 1 aliphatic carbocycles. The monoisotopic (exact) mass is 513 g/mol. The fourth-order valence-corrected chi connectivity index (χ4v) is 5.15. The van der Waals surface area contributed by atoms with Gasteiger partial charge >= 0.3 is 6.18 Å². The van der Waals surface area contributed by atoms with Gasteiger partial charge < -0.3 is 16.0 Å². The van der Waals surface area contributed by atoms with Gasteiger partial charge in [-0.2, -0.15) is 13.2 Å². The molecule has 0 unspecified atom stereocenters. The number of anilines is 2. The number of nitrogen functional groups attached to an aromatic ring is 1. The van der Waals surface area contributed by atoms with E-state index >= 15 is 0 Å². The van der Waals surface area contributed by atoms with Crippen LogP contribution in [0.5, 0.6) is 0 Å². The van der Waals surface area contributed by atoms with Crippen LogP contribution in [0, 0.1) is 12.8 Å². The minimum Gasteiger partial charge on any atom is -0.399 e. The Morgan fingerprint density at radius 1 is 1.14 bits per heavy atom. The molecule has 4 rings (SSSR count). The molecule has 0 radical (unpaired) electrons. The van der Waals surface area contributed by atoms with Crippen LogP contribution in [0.2, 0.25) is 0 Å². The van der Waals surface area contributed by atoms with Gasteiger partial charge in [0.05, 0.1) is 17.1 Å². The molecule has 1 amide bonds. The Morgan fingerprint density at radius 2 is 1.84 bits per heavy atom. The summed E-state index contributed by atoms with van der Waals surface area (Å²) in [6.45, 7) is 6.27. The molecule has 1 heterocycles. The maximum Gasteiger partial charge on any atom is 0.416 e. The van der Waals surface area contributed by atoms with Crippen molar-refractivity contribution in [2.75, 3.05) is 24.6 Å². The Hall–Kier alpha value is -3.36. The number of benzene rings is 2. The van der Waals surface area contributed by atoms with Crippen LogP contribution in [-0.4, -0.2) is 34.4 Å². The Balaban J connectivity index is 1.59. The highest BCUT2D eigenvalue weighted by Gasteiger charge is 2.32. The maximum absolute atomic E-state index is 13.3. The SMILES string of the molecule is CCN(C)C(=O)C1CCC(c2ccc3nc(C)nc(N[C@@H](C)c4cc(N)cc(C(F)(F)F)c4)c3c2)CC1. The van der Waals surface area contributed by atoms with E-state index in [9.17, 15) is 18.0 Å². The van der Waals surface area contributed by atoms with Gasteiger partial charge in [-0.3, -0.25) is 4.79 Å². The smallest absolute Gasteiger partial charge is 0.399 e. The number of amides is 1. The number of carbonyl (C=O) groups excluding carboxylic acids is 1. The van der Waals surface area contributed by atoms with Gasteiger partial charge in [0.1, 0.15) is 11.6 Å². The number of carbonyl (C=O) groups is 1. The summed E-state index contributed by atoms with van der Waals surface area (Å²) in [4.78, 5) is 23.5. The summed E-state index contributed by atoms with van der Waals surface area (Å²) in [7, 11) is 1.85. The average molecular weight is 514 g/mol. The zero-order valence-electron chi connectivity index (χ0n) is 21.7. The lowest BCUT2D eigenvalue weighted by Crippen LogP contribution is -2.34. The molecule has 9 heteroatoms. The fraction of sp³-hybridized carbons (Fsp3) is 0.464. The van der Waals surface area contributed by atoms with Crippen molar-refractivity contribution in [3.05, 3.63) is 58.9 Å². The van der Waals surface area contributed by atoms with E-state index in [1.54, 1.807) is 24.8 Å². The van der Waals surface area contributed by atoms with Gasteiger partial charge in [0.15, 0.2) is 0 Å². The van der Waals surface area contributed by atoms with E-state index in [1.807, 2.05) is 20.0 Å². The largest absolute Gasteiger partial charge is 0.416 e. The number of rotatable bonds is 6. The second kappa shape index (κ2) is 10.6. The molecule has 2 aromatic carbocycles. The van der Waals surface area contributed by atoms with Gasteiger partial charge in [0, 0.05) is 30.6 Å². The molecule has 198 valence electrons. The number of nitrogens with zero attached hydrogens (tertiary/aromatic N) is 3. The Bertz CT molecular complexity index is 1280. The van der Waals surface area contributed by atoms with Crippen LogP contribution in [0.25, 0.3) is 10.9 Å². The quantitative estimate of drug-likeness (QED) is 0.369. The van der Waals surface area contributed by atoms with Crippen molar-refractivity contribution in [2.45, 2.75) is 64.6 Å². The first kappa shape index (κ1) is 26.7. The van der Waals surface area contributed by atoms with Crippen LogP contribution in [0.1, 0.15) is 74.0 Å². The van der Waals surface area contributed by atoms with Crippen molar-refractivity contribution in [1.29, 1.82) is 0 Å². The lowest BCUT2D eigenvalue weighted by atomic mass is 9.78. The predicted molar refractivity (Wildman–Crippen MR) is 140 cm³/mol. The van der Waals surface area contributed by atoms with Gasteiger partial charge in [0.25, 0.3) is 0 Å². The normalized spacial score (nSPS) is 19.0. The molecular formula is C28H34F3N5O. The number of hydrogen-bond acceptors (Lipinski definition) is 5. The number of halogens is 3. The Kier molecular flexibility index (Phi) is 7.62. The second-order valence-corrected chi connectivity index (χ2v) is 10.0. The number of nitrogens with two attached hydrogens (primary N) is 1. The van der Waals surface area contributed by atoms with Crippen LogP contribution < -0.4 is 11.1 Å². The molecule has 6 nitrogen and oxygen atoms in total. The van der Waals surface area contributed by atoms with Crippen molar-refractivity contribution in [1.82, 2.24) is 14.9 Å². The van der Waals surface area contributed by atoms with Crippen molar-refractivity contribution in [2.24, 2.45) is 5.92 Å². The van der Waals surface area contributed by atoms with Crippen molar-refractivity contribution < 1.29 is 18.0 Å². The van der Waals surface area contributed by atoms with E-state index in [0.717, 1.165) is 54.3 Å². The van der Waals surface area contributed by atoms with Gasteiger partial charge in [0.2, 0.25) is 5.91 Å². The molecule has 1 fully saturated rings. The number of hydrogen-bond donors (Lipinski definition) is 2. The molecule has 0 bridgehead atoms. The molecule has 0 saturated heterocycles. The maximum atomic E-state index is 13.3. The molecule has 3 aromatic rings. The summed E-state index contributed by atoms with van der Waals surface area (Å²) in [5.74, 6) is 1.76. The average Bonchev–Trinajstić information content (AvgIpc) is 2.86. The highest BCUT2D eigenvalue weighted by molar-refractivity contribution is 5.90. The summed E-state index contributed by atoms with van der Waals surface area (Å²) in [5.41, 5.74) is 7.41.